The van der Waals surface area contributed by atoms with Crippen LogP contribution in [0.25, 0.3) is 5.78 Å². The molecule has 3 rings (SSSR count). The molecular formula is C13H12ClN5O. The first kappa shape index (κ1) is 12.8. The van der Waals surface area contributed by atoms with Gasteiger partial charge in [0.15, 0.2) is 5.75 Å². The van der Waals surface area contributed by atoms with Crippen molar-refractivity contribution in [2.24, 2.45) is 0 Å². The molecule has 3 heterocycles. The van der Waals surface area contributed by atoms with Crippen molar-refractivity contribution in [1.82, 2.24) is 24.6 Å². The third kappa shape index (κ3) is 2.30. The van der Waals surface area contributed by atoms with E-state index in [0.717, 1.165) is 17.8 Å². The highest BCUT2D eigenvalue weighted by atomic mass is 35.5. The summed E-state index contributed by atoms with van der Waals surface area (Å²) in [6, 6.07) is 5.39. The molecule has 0 atom stereocenters. The minimum Gasteiger partial charge on any atom is -0.437 e. The van der Waals surface area contributed by atoms with Gasteiger partial charge >= 0.3 is 0 Å². The van der Waals surface area contributed by atoms with Crippen LogP contribution in [0.1, 0.15) is 18.3 Å². The molecule has 3 aromatic rings. The van der Waals surface area contributed by atoms with Gasteiger partial charge in [0.2, 0.25) is 5.88 Å². The third-order valence-corrected chi connectivity index (χ3v) is 3.00. The van der Waals surface area contributed by atoms with Crippen LogP contribution in [0, 0.1) is 6.92 Å². The summed E-state index contributed by atoms with van der Waals surface area (Å²) in [6.45, 7) is 3.97. The van der Waals surface area contributed by atoms with Gasteiger partial charge in [-0.3, -0.25) is 4.98 Å². The highest BCUT2D eigenvalue weighted by molar-refractivity contribution is 6.29. The zero-order chi connectivity index (χ0) is 14.1. The lowest BCUT2D eigenvalue weighted by molar-refractivity contribution is 0.438. The van der Waals surface area contributed by atoms with Crippen LogP contribution in [0.15, 0.2) is 24.5 Å². The summed E-state index contributed by atoms with van der Waals surface area (Å²) >= 11 is 5.96. The van der Waals surface area contributed by atoms with Gasteiger partial charge in [0.1, 0.15) is 11.5 Å². The Labute approximate surface area is 120 Å². The Hall–Kier alpha value is -2.21. The van der Waals surface area contributed by atoms with Gasteiger partial charge in [-0.1, -0.05) is 18.5 Å². The van der Waals surface area contributed by atoms with Crippen LogP contribution in [0.2, 0.25) is 5.15 Å². The Balaban J connectivity index is 2.07. The Morgan fingerprint density at radius 3 is 2.95 bits per heavy atom. The van der Waals surface area contributed by atoms with E-state index < -0.39 is 0 Å². The molecule has 0 amide bonds. The smallest absolute Gasteiger partial charge is 0.256 e. The summed E-state index contributed by atoms with van der Waals surface area (Å²) < 4.78 is 7.37. The van der Waals surface area contributed by atoms with E-state index in [9.17, 15) is 0 Å². The summed E-state index contributed by atoms with van der Waals surface area (Å²) in [4.78, 5) is 12.5. The highest BCUT2D eigenvalue weighted by Crippen LogP contribution is 2.26. The first-order valence-electron chi connectivity index (χ1n) is 6.18. The van der Waals surface area contributed by atoms with Crippen molar-refractivity contribution >= 4 is 17.4 Å². The Bertz CT molecular complexity index is 771. The molecule has 102 valence electrons. The quantitative estimate of drug-likeness (QED) is 0.694. The second-order valence-corrected chi connectivity index (χ2v) is 4.63. The van der Waals surface area contributed by atoms with Crippen LogP contribution < -0.4 is 4.74 Å². The van der Waals surface area contributed by atoms with Crippen LogP contribution in [-0.4, -0.2) is 24.6 Å². The largest absolute Gasteiger partial charge is 0.437 e. The van der Waals surface area contributed by atoms with Crippen LogP contribution >= 0.6 is 11.6 Å². The van der Waals surface area contributed by atoms with Gasteiger partial charge in [0, 0.05) is 11.8 Å². The summed E-state index contributed by atoms with van der Waals surface area (Å²) in [7, 11) is 0. The summed E-state index contributed by atoms with van der Waals surface area (Å²) in [6.07, 6.45) is 2.18. The van der Waals surface area contributed by atoms with Gasteiger partial charge in [-0.15, -0.1) is 0 Å². The van der Waals surface area contributed by atoms with Crippen molar-refractivity contribution in [3.05, 3.63) is 41.1 Å². The van der Waals surface area contributed by atoms with Gasteiger partial charge in [0.25, 0.3) is 5.78 Å². The normalized spacial score (nSPS) is 10.9. The molecule has 0 aliphatic carbocycles. The zero-order valence-electron chi connectivity index (χ0n) is 11.0. The lowest BCUT2D eigenvalue weighted by Crippen LogP contribution is -2.01. The second kappa shape index (κ2) is 5.05. The van der Waals surface area contributed by atoms with Crippen molar-refractivity contribution < 1.29 is 4.74 Å². The predicted octanol–water partition coefficient (Wildman–Crippen LogP) is 2.84. The molecule has 0 saturated carbocycles. The fourth-order valence-electron chi connectivity index (χ4n) is 1.89. The number of aryl methyl sites for hydroxylation is 2. The van der Waals surface area contributed by atoms with Gasteiger partial charge in [-0.25, -0.2) is 0 Å². The highest BCUT2D eigenvalue weighted by Gasteiger charge is 2.11. The number of pyridine rings is 1. The first-order valence-corrected chi connectivity index (χ1v) is 6.56. The molecule has 3 aromatic heterocycles. The van der Waals surface area contributed by atoms with Gasteiger partial charge < -0.3 is 4.74 Å². The number of fused-ring (bicyclic) bond motifs is 1. The molecule has 0 radical (unpaired) electrons. The van der Waals surface area contributed by atoms with Crippen molar-refractivity contribution in [2.45, 2.75) is 20.3 Å². The summed E-state index contributed by atoms with van der Waals surface area (Å²) in [5, 5.41) is 4.37. The first-order chi connectivity index (χ1) is 9.67. The van der Waals surface area contributed by atoms with Crippen LogP contribution in [0.5, 0.6) is 11.6 Å². The number of hydrogen-bond donors (Lipinski definition) is 0. The van der Waals surface area contributed by atoms with Crippen LogP contribution in [-0.2, 0) is 6.42 Å². The van der Waals surface area contributed by atoms with E-state index in [2.05, 4.69) is 20.1 Å². The fraction of sp³-hybridized carbons (Fsp3) is 0.231. The average Bonchev–Trinajstić information content (AvgIpc) is 2.88. The maximum Gasteiger partial charge on any atom is 0.256 e. The van der Waals surface area contributed by atoms with Crippen molar-refractivity contribution in [3.63, 3.8) is 0 Å². The Morgan fingerprint density at radius 2 is 2.15 bits per heavy atom. The maximum absolute atomic E-state index is 5.96. The fourth-order valence-corrected chi connectivity index (χ4v) is 2.06. The van der Waals surface area contributed by atoms with E-state index in [-0.39, 0.29) is 0 Å². The molecule has 6 nitrogen and oxygen atoms in total. The number of ether oxygens (including phenoxy) is 1. The molecule has 0 fully saturated rings. The number of hydrogen-bond acceptors (Lipinski definition) is 5. The molecule has 0 N–H and O–H groups in total. The molecule has 20 heavy (non-hydrogen) atoms. The van der Waals surface area contributed by atoms with Crippen molar-refractivity contribution in [2.75, 3.05) is 0 Å². The summed E-state index contributed by atoms with van der Waals surface area (Å²) in [5.74, 6) is 1.53. The van der Waals surface area contributed by atoms with Crippen LogP contribution in [0.4, 0.5) is 0 Å². The lowest BCUT2D eigenvalue weighted by Gasteiger charge is -2.10. The third-order valence-electron chi connectivity index (χ3n) is 2.81. The maximum atomic E-state index is 5.96. The predicted molar refractivity (Wildman–Crippen MR) is 74.2 cm³/mol. The number of aromatic nitrogens is 5. The topological polar surface area (TPSA) is 65.2 Å². The van der Waals surface area contributed by atoms with E-state index in [0.29, 0.717) is 22.6 Å². The molecule has 7 heteroatoms. The van der Waals surface area contributed by atoms with Crippen molar-refractivity contribution in [1.29, 1.82) is 0 Å². The molecule has 0 unspecified atom stereocenters. The van der Waals surface area contributed by atoms with Gasteiger partial charge in [-0.2, -0.15) is 19.6 Å². The number of nitrogens with zero attached hydrogens (tertiary/aromatic N) is 5. The zero-order valence-corrected chi connectivity index (χ0v) is 11.8. The minimum atomic E-state index is 0.304. The molecule has 0 saturated heterocycles. The van der Waals surface area contributed by atoms with E-state index in [1.165, 1.54) is 10.8 Å². The molecule has 0 bridgehead atoms. The van der Waals surface area contributed by atoms with Crippen LogP contribution in [0.3, 0.4) is 0 Å². The second-order valence-electron chi connectivity index (χ2n) is 4.24. The monoisotopic (exact) mass is 289 g/mol. The van der Waals surface area contributed by atoms with Crippen molar-refractivity contribution in [3.8, 4) is 11.6 Å². The summed E-state index contributed by atoms with van der Waals surface area (Å²) in [5.41, 5.74) is 1.83. The standard InChI is InChI=1S/C13H12ClN5O/c1-3-9-10(5-4-8(2)17-9)20-12-6-11(14)18-13-15-7-16-19(12)13/h4-7H,3H2,1-2H3. The molecule has 0 aromatic carbocycles. The molecule has 0 aliphatic rings. The molecular weight excluding hydrogens is 278 g/mol. The minimum absolute atomic E-state index is 0.304. The van der Waals surface area contributed by atoms with E-state index in [1.807, 2.05) is 26.0 Å². The molecule has 0 spiro atoms. The van der Waals surface area contributed by atoms with E-state index >= 15 is 0 Å². The number of halogens is 1. The SMILES string of the molecule is CCc1nc(C)ccc1Oc1cc(Cl)nc2ncnn12. The van der Waals surface area contributed by atoms with Gasteiger partial charge in [-0.05, 0) is 25.5 Å². The Kier molecular flexibility index (Phi) is 3.23. The average molecular weight is 290 g/mol. The van der Waals surface area contributed by atoms with E-state index in [4.69, 9.17) is 16.3 Å². The Morgan fingerprint density at radius 1 is 1.30 bits per heavy atom. The molecule has 0 aliphatic heterocycles. The van der Waals surface area contributed by atoms with Gasteiger partial charge in [0.05, 0.1) is 5.69 Å². The number of rotatable bonds is 3. The lowest BCUT2D eigenvalue weighted by atomic mass is 10.2. The van der Waals surface area contributed by atoms with E-state index in [1.54, 1.807) is 6.07 Å².